The molecular formula is C30H34. The van der Waals surface area contributed by atoms with Gasteiger partial charge in [0.25, 0.3) is 0 Å². The van der Waals surface area contributed by atoms with E-state index >= 15 is 0 Å². The average Bonchev–Trinajstić information content (AvgIpc) is 2.80. The van der Waals surface area contributed by atoms with E-state index in [1.165, 1.54) is 58.7 Å². The van der Waals surface area contributed by atoms with Crippen LogP contribution in [0.3, 0.4) is 0 Å². The van der Waals surface area contributed by atoms with Gasteiger partial charge in [-0.3, -0.25) is 0 Å². The molecule has 0 atom stereocenters. The zero-order valence-corrected chi connectivity index (χ0v) is 18.5. The Labute approximate surface area is 182 Å². The monoisotopic (exact) mass is 394 g/mol. The summed E-state index contributed by atoms with van der Waals surface area (Å²) >= 11 is 0. The summed E-state index contributed by atoms with van der Waals surface area (Å²) in [7, 11) is 0. The summed E-state index contributed by atoms with van der Waals surface area (Å²) in [5, 5.41) is 2.67. The fourth-order valence-electron chi connectivity index (χ4n) is 4.91. The van der Waals surface area contributed by atoms with Crippen molar-refractivity contribution >= 4 is 10.8 Å². The van der Waals surface area contributed by atoms with Gasteiger partial charge < -0.3 is 0 Å². The maximum Gasteiger partial charge on any atom is -0.0162 e. The number of aryl methyl sites for hydroxylation is 1. The molecule has 1 aliphatic rings. The number of benzene rings is 3. The van der Waals surface area contributed by atoms with E-state index in [2.05, 4.69) is 98.8 Å². The standard InChI is InChI=1S/C30H34/c1-3-5-6-8-24-11-14-30-22-29(20-19-28(30)21-24)27-17-15-26(16-18-27)25-12-9-23(7-4-2)10-13-25/h3-5,7,11,14-23,25H,6,8-10,12-13H2,1-2H3/b5-3+,7-4+. The Hall–Kier alpha value is -2.60. The van der Waals surface area contributed by atoms with Gasteiger partial charge in [-0.25, -0.2) is 0 Å². The van der Waals surface area contributed by atoms with E-state index in [1.54, 1.807) is 0 Å². The topological polar surface area (TPSA) is 0 Å². The lowest BCUT2D eigenvalue weighted by molar-refractivity contribution is 0.376. The minimum atomic E-state index is 0.734. The number of hydrogen-bond donors (Lipinski definition) is 0. The van der Waals surface area contributed by atoms with Crippen molar-refractivity contribution in [2.75, 3.05) is 0 Å². The lowest BCUT2D eigenvalue weighted by atomic mass is 9.78. The average molecular weight is 395 g/mol. The fraction of sp³-hybridized carbons (Fsp3) is 0.333. The van der Waals surface area contributed by atoms with Gasteiger partial charge >= 0.3 is 0 Å². The van der Waals surface area contributed by atoms with Crippen LogP contribution < -0.4 is 0 Å². The van der Waals surface area contributed by atoms with Crippen molar-refractivity contribution in [1.29, 1.82) is 0 Å². The lowest BCUT2D eigenvalue weighted by Gasteiger charge is -2.27. The zero-order chi connectivity index (χ0) is 20.8. The van der Waals surface area contributed by atoms with Crippen LogP contribution in [0.5, 0.6) is 0 Å². The van der Waals surface area contributed by atoms with Gasteiger partial charge in [0.1, 0.15) is 0 Å². The minimum Gasteiger partial charge on any atom is -0.0917 e. The highest BCUT2D eigenvalue weighted by atomic mass is 14.3. The van der Waals surface area contributed by atoms with E-state index in [0.717, 1.165) is 24.7 Å². The predicted octanol–water partition coefficient (Wildman–Crippen LogP) is 8.87. The third-order valence-electron chi connectivity index (χ3n) is 6.69. The summed E-state index contributed by atoms with van der Waals surface area (Å²) in [4.78, 5) is 0. The minimum absolute atomic E-state index is 0.734. The van der Waals surface area contributed by atoms with Crippen molar-refractivity contribution in [3.05, 3.63) is 96.1 Å². The molecule has 4 rings (SSSR count). The largest absolute Gasteiger partial charge is 0.0917 e. The van der Waals surface area contributed by atoms with E-state index in [1.807, 2.05) is 0 Å². The van der Waals surface area contributed by atoms with Crippen LogP contribution in [0.15, 0.2) is 85.0 Å². The van der Waals surface area contributed by atoms with Gasteiger partial charge in [0, 0.05) is 0 Å². The smallest absolute Gasteiger partial charge is 0.0162 e. The molecule has 30 heavy (non-hydrogen) atoms. The molecule has 0 heteroatoms. The van der Waals surface area contributed by atoms with E-state index in [0.29, 0.717) is 0 Å². The van der Waals surface area contributed by atoms with Crippen LogP contribution >= 0.6 is 0 Å². The Kier molecular flexibility index (Phi) is 6.84. The second-order valence-corrected chi connectivity index (χ2v) is 8.76. The van der Waals surface area contributed by atoms with Gasteiger partial charge in [-0.1, -0.05) is 78.9 Å². The van der Waals surface area contributed by atoms with Crippen molar-refractivity contribution in [3.8, 4) is 11.1 Å². The van der Waals surface area contributed by atoms with Crippen molar-refractivity contribution in [2.24, 2.45) is 5.92 Å². The molecule has 3 aromatic carbocycles. The number of rotatable bonds is 6. The van der Waals surface area contributed by atoms with Crippen LogP contribution in [0, 0.1) is 5.92 Å². The van der Waals surface area contributed by atoms with Crippen molar-refractivity contribution in [1.82, 2.24) is 0 Å². The molecule has 0 amide bonds. The normalized spacial score (nSPS) is 19.8. The molecule has 1 saturated carbocycles. The Morgan fingerprint density at radius 1 is 0.733 bits per heavy atom. The van der Waals surface area contributed by atoms with Crippen molar-refractivity contribution in [2.45, 2.75) is 58.3 Å². The number of hydrogen-bond acceptors (Lipinski definition) is 0. The molecule has 0 bridgehead atoms. The Morgan fingerprint density at radius 3 is 2.17 bits per heavy atom. The molecular weight excluding hydrogens is 360 g/mol. The summed E-state index contributed by atoms with van der Waals surface area (Å²) in [6.07, 6.45) is 16.5. The Balaban J connectivity index is 1.46. The van der Waals surface area contributed by atoms with Crippen LogP contribution in [-0.4, -0.2) is 0 Å². The Bertz CT molecular complexity index is 1010. The SMILES string of the molecule is C/C=C/CCc1ccc2cc(-c3ccc(C4CCC(/C=C/C)CC4)cc3)ccc2c1. The molecule has 0 aliphatic heterocycles. The van der Waals surface area contributed by atoms with Crippen molar-refractivity contribution < 1.29 is 0 Å². The highest BCUT2D eigenvalue weighted by Crippen LogP contribution is 2.37. The zero-order valence-electron chi connectivity index (χ0n) is 18.5. The fourth-order valence-corrected chi connectivity index (χ4v) is 4.91. The summed E-state index contributed by atoms with van der Waals surface area (Å²) < 4.78 is 0. The van der Waals surface area contributed by atoms with E-state index < -0.39 is 0 Å². The van der Waals surface area contributed by atoms with E-state index in [4.69, 9.17) is 0 Å². The number of fused-ring (bicyclic) bond motifs is 1. The second kappa shape index (κ2) is 9.94. The molecule has 1 fully saturated rings. The lowest BCUT2D eigenvalue weighted by Crippen LogP contribution is -2.11. The summed E-state index contributed by atoms with van der Waals surface area (Å²) in [6, 6.07) is 23.2. The van der Waals surface area contributed by atoms with E-state index in [9.17, 15) is 0 Å². The summed E-state index contributed by atoms with van der Waals surface area (Å²) in [6.45, 7) is 4.23. The molecule has 154 valence electrons. The van der Waals surface area contributed by atoms with Gasteiger partial charge in [-0.05, 0) is 103 Å². The first-order valence-corrected chi connectivity index (χ1v) is 11.6. The van der Waals surface area contributed by atoms with Gasteiger partial charge in [0.05, 0.1) is 0 Å². The third-order valence-corrected chi connectivity index (χ3v) is 6.69. The van der Waals surface area contributed by atoms with Gasteiger partial charge in [-0.2, -0.15) is 0 Å². The van der Waals surface area contributed by atoms with E-state index in [-0.39, 0.29) is 0 Å². The second-order valence-electron chi connectivity index (χ2n) is 8.76. The molecule has 0 heterocycles. The molecule has 0 spiro atoms. The first-order valence-electron chi connectivity index (χ1n) is 11.6. The van der Waals surface area contributed by atoms with Crippen molar-refractivity contribution in [3.63, 3.8) is 0 Å². The van der Waals surface area contributed by atoms with Gasteiger partial charge in [0.2, 0.25) is 0 Å². The molecule has 0 radical (unpaired) electrons. The molecule has 1 aliphatic carbocycles. The molecule has 3 aromatic rings. The highest BCUT2D eigenvalue weighted by Gasteiger charge is 2.20. The molecule has 0 N–H and O–H groups in total. The van der Waals surface area contributed by atoms with Gasteiger partial charge in [0.15, 0.2) is 0 Å². The van der Waals surface area contributed by atoms with Crippen LogP contribution in [0.2, 0.25) is 0 Å². The highest BCUT2D eigenvalue weighted by molar-refractivity contribution is 5.87. The molecule has 0 unspecified atom stereocenters. The van der Waals surface area contributed by atoms with Gasteiger partial charge in [-0.15, -0.1) is 0 Å². The van der Waals surface area contributed by atoms with Crippen LogP contribution in [0.25, 0.3) is 21.9 Å². The molecule has 0 saturated heterocycles. The Morgan fingerprint density at radius 2 is 1.43 bits per heavy atom. The maximum atomic E-state index is 2.39. The first kappa shape index (κ1) is 20.7. The molecule has 0 aromatic heterocycles. The van der Waals surface area contributed by atoms with Crippen LogP contribution in [0.4, 0.5) is 0 Å². The van der Waals surface area contributed by atoms with Crippen LogP contribution in [0.1, 0.15) is 63.0 Å². The quantitative estimate of drug-likeness (QED) is 0.366. The first-order chi connectivity index (χ1) is 14.8. The number of allylic oxidation sites excluding steroid dienone is 4. The predicted molar refractivity (Wildman–Crippen MR) is 132 cm³/mol. The summed E-state index contributed by atoms with van der Waals surface area (Å²) in [5.41, 5.74) is 5.57. The van der Waals surface area contributed by atoms with Crippen LogP contribution in [-0.2, 0) is 6.42 Å². The third kappa shape index (κ3) is 4.93. The molecule has 0 nitrogen and oxygen atoms in total. The maximum absolute atomic E-state index is 2.39. The summed E-state index contributed by atoms with van der Waals surface area (Å²) in [5.74, 6) is 1.53.